The van der Waals surface area contributed by atoms with Crippen LogP contribution < -0.4 is 85.9 Å². The van der Waals surface area contributed by atoms with Gasteiger partial charge in [0.05, 0.1) is 19.1 Å². The smallest absolute Gasteiger partial charge is 0.305 e. The molecule has 2 bridgehead atoms. The van der Waals surface area contributed by atoms with Crippen LogP contribution in [0.5, 0.6) is 0 Å². The van der Waals surface area contributed by atoms with Crippen molar-refractivity contribution in [1.82, 2.24) is 84.2 Å². The number of carbonyl (C=O) groups excluding carboxylic acids is 14. The Morgan fingerprint density at radius 3 is 1.35 bits per heavy atom. The number of unbranched alkanes of at least 4 members (excludes halogenated alkanes) is 1. The Morgan fingerprint density at radius 2 is 0.862 bits per heavy atom. The molecule has 15 atom stereocenters. The van der Waals surface area contributed by atoms with Crippen molar-refractivity contribution in [3.05, 3.63) is 108 Å². The van der Waals surface area contributed by atoms with E-state index in [0.717, 1.165) is 28.5 Å². The molecule has 632 valence electrons. The number of nitrogens with two attached hydrogens (primary N) is 2. The van der Waals surface area contributed by atoms with Gasteiger partial charge in [0.1, 0.15) is 78.5 Å². The molecule has 4 aliphatic rings. The van der Waals surface area contributed by atoms with Crippen LogP contribution in [0.2, 0.25) is 0 Å². The van der Waals surface area contributed by atoms with E-state index in [-0.39, 0.29) is 116 Å². The number of hydrogen-bond donors (Lipinski definition) is 20. The summed E-state index contributed by atoms with van der Waals surface area (Å²) in [6, 6.07) is 4.96. The Morgan fingerprint density at radius 1 is 0.474 bits per heavy atom. The molecule has 3 aromatic rings. The minimum atomic E-state index is -1.97. The minimum Gasteiger partial charge on any atom is -0.481 e. The topological polar surface area (TPSA) is 571 Å². The van der Waals surface area contributed by atoms with E-state index in [4.69, 9.17) is 22.3 Å². The van der Waals surface area contributed by atoms with Crippen molar-refractivity contribution in [2.24, 2.45) is 17.4 Å². The highest BCUT2D eigenvalue weighted by Crippen LogP contribution is 2.27. The van der Waals surface area contributed by atoms with E-state index < -0.39 is 210 Å². The van der Waals surface area contributed by atoms with E-state index >= 15 is 43.2 Å². The third-order valence-corrected chi connectivity index (χ3v) is 22.7. The first-order valence-corrected chi connectivity index (χ1v) is 41.6. The lowest BCUT2D eigenvalue weighted by atomic mass is 9.97. The molecule has 4 fully saturated rings. The molecule has 0 unspecified atom stereocenters. The maximum absolute atomic E-state index is 15.5. The van der Waals surface area contributed by atoms with Crippen LogP contribution in [-0.2, 0) is 91.2 Å². The van der Waals surface area contributed by atoms with Crippen LogP contribution >= 0.6 is 21.6 Å². The van der Waals surface area contributed by atoms with Gasteiger partial charge in [0.25, 0.3) is 0 Å². The second-order valence-corrected chi connectivity index (χ2v) is 31.7. The van der Waals surface area contributed by atoms with Crippen molar-refractivity contribution in [2.75, 3.05) is 44.2 Å². The number of aliphatic hydroxyl groups is 1. The lowest BCUT2D eigenvalue weighted by molar-refractivity contribution is -0.144. The Kier molecular flexibility index (Phi) is 36.9. The number of fused-ring (bicyclic) bond motifs is 7. The number of guanidine groups is 2. The van der Waals surface area contributed by atoms with E-state index in [1.807, 2.05) is 6.92 Å². The third kappa shape index (κ3) is 28.7. The molecule has 4 aliphatic heterocycles. The first-order chi connectivity index (χ1) is 55.4. The number of hydrogen-bond acceptors (Lipinski definition) is 20. The largest absolute Gasteiger partial charge is 0.481 e. The molecule has 116 heavy (non-hydrogen) atoms. The summed E-state index contributed by atoms with van der Waals surface area (Å²) in [7, 11) is 1.69. The fraction of sp³-hybridized carbons (Fsp3) is 0.545. The molecule has 14 amide bonds. The predicted octanol–water partition coefficient (Wildman–Crippen LogP) is -2.83. The molecule has 39 heteroatoms. The summed E-state index contributed by atoms with van der Waals surface area (Å²) in [6.07, 6.45) is -1.91. The number of carboxylic acid groups (broad SMARTS) is 1. The molecule has 4 heterocycles. The summed E-state index contributed by atoms with van der Waals surface area (Å²) >= 11 is 0. The normalized spacial score (nSPS) is 26.0. The maximum atomic E-state index is 15.5. The number of carboxylic acids is 1. The molecular weight excluding hydrogens is 1540 g/mol. The van der Waals surface area contributed by atoms with E-state index in [9.17, 15) is 39.0 Å². The van der Waals surface area contributed by atoms with E-state index in [1.54, 1.807) is 105 Å². The van der Waals surface area contributed by atoms with Gasteiger partial charge in [-0.2, -0.15) is 0 Å². The molecule has 4 saturated heterocycles. The molecular formula is C77H110N20O17S2. The van der Waals surface area contributed by atoms with Gasteiger partial charge < -0.3 is 106 Å². The van der Waals surface area contributed by atoms with Crippen molar-refractivity contribution < 1.29 is 82.1 Å². The maximum Gasteiger partial charge on any atom is 0.305 e. The van der Waals surface area contributed by atoms with Gasteiger partial charge in [0, 0.05) is 56.9 Å². The quantitative estimate of drug-likeness (QED) is 0.0209. The summed E-state index contributed by atoms with van der Waals surface area (Å²) in [5, 5.41) is 74.1. The zero-order valence-corrected chi connectivity index (χ0v) is 67.1. The number of nitrogens with zero attached hydrogens (tertiary/aromatic N) is 2. The SMILES string of the molecule is CCCC[C@H]1NC(=O)[C@@H](Cc2ccccc2)NC(=O)[C@@H](Cc2ccccc2)NC(=O)[C@H]([C@@H](C)O)NC(=O)[C@@H]2CSSC[C@H](NC(=O)[C@H]([C@@H](C)CC)NC(=O)[C@@H]3CCCN3C(=O)[C@@H](CCCNC(=N)N)NC1=O)C(=O)N[C@@H](Cc1ccccc1)C(=O)N1CCC[C@H]1C(=O)N[C@@H](CC(=O)O)C(=O)NCC(=O)N[C@@H](CCCNC(=N)N)C(=O)N2. The summed E-state index contributed by atoms with van der Waals surface area (Å²) in [6.45, 7) is 5.45. The van der Waals surface area contributed by atoms with Crippen LogP contribution in [0.4, 0.5) is 0 Å². The number of aliphatic carboxylic acids is 1. The van der Waals surface area contributed by atoms with E-state index in [0.29, 0.717) is 29.5 Å². The second kappa shape index (κ2) is 46.5. The fourth-order valence-electron chi connectivity index (χ4n) is 13.7. The standard InChI is InChI=1S/C77H110N20O17S2/c1-5-7-27-49-65(104)87-50(29-18-33-83-77(80)81)74(113)96-34-20-31-58(96)71(110)94-61(43(3)6-2)72(111)93-55-41-115-116-42-56(69(108)95-62(44(4)98)73(112)90-52(37-46-23-13-9-14-24-46)67(106)88-51(66(105)86-49)36-45-21-11-8-12-22-45)92-64(103)48(28-17-32-82-76(78)79)85-59(99)40-84-63(102)53(39-60(100)101)89-70(109)57-30-19-35-97(57)75(114)54(91-68(55)107)38-47-25-15-10-16-26-47/h8-16,21-26,43-44,48-58,61-62,98H,5-7,17-20,27-42H2,1-4H3,(H,84,102)(H,85,99)(H,86,105)(H,87,104)(H,88,106)(H,89,109)(H,90,112)(H,91,107)(H,92,103)(H,93,111)(H,94,110)(H,95,108)(H,100,101)(H4,78,79,82)(H4,80,81,83)/t43-,44+,48-,49+,50+,51+,52+,53-,54-,55-,56-,57-,58-,61-,62-/m0/s1. The Labute approximate surface area is 680 Å². The van der Waals surface area contributed by atoms with Crippen molar-refractivity contribution in [2.45, 2.75) is 215 Å². The molecule has 0 radical (unpaired) electrons. The molecule has 7 rings (SSSR count). The zero-order chi connectivity index (χ0) is 84.5. The molecule has 22 N–H and O–H groups in total. The summed E-state index contributed by atoms with van der Waals surface area (Å²) in [4.78, 5) is 224. The van der Waals surface area contributed by atoms with Crippen LogP contribution in [-0.4, -0.2) is 249 Å². The number of amides is 14. The van der Waals surface area contributed by atoms with Crippen molar-refractivity contribution in [3.8, 4) is 0 Å². The predicted molar refractivity (Wildman–Crippen MR) is 430 cm³/mol. The van der Waals surface area contributed by atoms with Gasteiger partial charge in [0.15, 0.2) is 11.9 Å². The monoisotopic (exact) mass is 1650 g/mol. The summed E-state index contributed by atoms with van der Waals surface area (Å²) in [5.74, 6) is -17.4. The number of carbonyl (C=O) groups is 15. The summed E-state index contributed by atoms with van der Waals surface area (Å²) < 4.78 is 0. The van der Waals surface area contributed by atoms with Crippen LogP contribution in [0.25, 0.3) is 0 Å². The average Bonchev–Trinajstić information content (AvgIpc) is 1.63. The Bertz CT molecular complexity index is 3950. The van der Waals surface area contributed by atoms with Gasteiger partial charge in [-0.3, -0.25) is 82.7 Å². The van der Waals surface area contributed by atoms with Gasteiger partial charge in [-0.25, -0.2) is 0 Å². The number of nitrogens with one attached hydrogen (secondary N) is 16. The minimum absolute atomic E-state index is 0.000580. The van der Waals surface area contributed by atoms with Gasteiger partial charge in [-0.15, -0.1) is 0 Å². The lowest BCUT2D eigenvalue weighted by Gasteiger charge is -2.32. The molecule has 0 aromatic heterocycles. The molecule has 0 saturated carbocycles. The van der Waals surface area contributed by atoms with Crippen LogP contribution in [0.3, 0.4) is 0 Å². The average molecular weight is 1650 g/mol. The van der Waals surface area contributed by atoms with Gasteiger partial charge in [-0.1, -0.05) is 153 Å². The second-order valence-electron chi connectivity index (χ2n) is 29.1. The number of rotatable bonds is 22. The highest BCUT2D eigenvalue weighted by Gasteiger charge is 2.44. The van der Waals surface area contributed by atoms with Gasteiger partial charge in [0.2, 0.25) is 82.7 Å². The van der Waals surface area contributed by atoms with Crippen molar-refractivity contribution in [1.29, 1.82) is 10.8 Å². The zero-order valence-electron chi connectivity index (χ0n) is 65.5. The first kappa shape index (κ1) is 92.1. The first-order valence-electron chi connectivity index (χ1n) is 39.1. The van der Waals surface area contributed by atoms with Gasteiger partial charge >= 0.3 is 5.97 Å². The lowest BCUT2D eigenvalue weighted by Crippen LogP contribution is -2.62. The van der Waals surface area contributed by atoms with Gasteiger partial charge in [-0.05, 0) is 87.3 Å². The van der Waals surface area contributed by atoms with Crippen molar-refractivity contribution in [3.63, 3.8) is 0 Å². The Hall–Kier alpha value is -11.1. The number of benzene rings is 3. The molecule has 0 aliphatic carbocycles. The number of aliphatic hydroxyl groups excluding tert-OH is 1. The fourth-order valence-corrected chi connectivity index (χ4v) is 16.0. The highest BCUT2D eigenvalue weighted by atomic mass is 33.1. The van der Waals surface area contributed by atoms with E-state index in [1.165, 1.54) is 9.80 Å². The third-order valence-electron chi connectivity index (χ3n) is 20.2. The molecule has 3 aromatic carbocycles. The van der Waals surface area contributed by atoms with Crippen LogP contribution in [0, 0.1) is 16.7 Å². The Balaban J connectivity index is 1.38. The van der Waals surface area contributed by atoms with Crippen molar-refractivity contribution >= 4 is 122 Å². The van der Waals surface area contributed by atoms with Crippen LogP contribution in [0.15, 0.2) is 91.0 Å². The highest BCUT2D eigenvalue weighted by molar-refractivity contribution is 8.76. The van der Waals surface area contributed by atoms with E-state index in [2.05, 4.69) is 74.4 Å². The molecule has 0 spiro atoms. The summed E-state index contributed by atoms with van der Waals surface area (Å²) in [5.41, 5.74) is 12.7. The molecule has 37 nitrogen and oxygen atoms in total. The van der Waals surface area contributed by atoms with Crippen LogP contribution in [0.1, 0.15) is 128 Å².